The smallest absolute Gasteiger partial charge is 0.226 e. The molecule has 1 aromatic rings. The number of nitrogens with zero attached hydrogens (tertiary/aromatic N) is 3. The number of anilines is 1. The Morgan fingerprint density at radius 3 is 2.79 bits per heavy atom. The fraction of sp³-hybridized carbons (Fsp3) is 0.846. The Kier molecular flexibility index (Phi) is 4.99. The third-order valence-electron chi connectivity index (χ3n) is 4.01. The van der Waals surface area contributed by atoms with Crippen LogP contribution in [0.3, 0.4) is 0 Å². The summed E-state index contributed by atoms with van der Waals surface area (Å²) in [4.78, 5) is 2.14. The predicted molar refractivity (Wildman–Crippen MR) is 79.3 cm³/mol. The molecule has 0 amide bonds. The highest BCUT2D eigenvalue weighted by Gasteiger charge is 2.23. The van der Waals surface area contributed by atoms with Gasteiger partial charge in [0.05, 0.1) is 12.6 Å². The van der Waals surface area contributed by atoms with E-state index in [1.807, 2.05) is 7.05 Å². The first-order valence-electron chi connectivity index (χ1n) is 7.03. The van der Waals surface area contributed by atoms with Crippen molar-refractivity contribution in [1.82, 2.24) is 14.8 Å². The van der Waals surface area contributed by atoms with Crippen LogP contribution in [0.2, 0.25) is 0 Å². The molecule has 0 aliphatic heterocycles. The molecular formula is C13H24N4OS. The zero-order valence-corrected chi connectivity index (χ0v) is 12.9. The number of rotatable bonds is 5. The molecule has 1 aliphatic rings. The van der Waals surface area contributed by atoms with Gasteiger partial charge in [-0.25, -0.2) is 5.10 Å². The average Bonchev–Trinajstić information content (AvgIpc) is 2.81. The second kappa shape index (κ2) is 6.52. The molecule has 19 heavy (non-hydrogen) atoms. The van der Waals surface area contributed by atoms with Crippen LogP contribution in [0, 0.1) is 4.77 Å². The van der Waals surface area contributed by atoms with Gasteiger partial charge in [-0.15, -0.1) is 5.10 Å². The maximum absolute atomic E-state index is 5.41. The predicted octanol–water partition coefficient (Wildman–Crippen LogP) is 2.92. The van der Waals surface area contributed by atoms with Crippen LogP contribution in [0.1, 0.15) is 45.1 Å². The molecule has 0 spiro atoms. The lowest BCUT2D eigenvalue weighted by Gasteiger charge is -2.29. The van der Waals surface area contributed by atoms with Crippen LogP contribution in [-0.2, 0) is 4.74 Å². The molecule has 1 aliphatic carbocycles. The van der Waals surface area contributed by atoms with E-state index in [2.05, 4.69) is 26.6 Å². The largest absolute Gasteiger partial charge is 0.383 e. The zero-order chi connectivity index (χ0) is 13.8. The van der Waals surface area contributed by atoms with E-state index in [-0.39, 0.29) is 6.04 Å². The summed E-state index contributed by atoms with van der Waals surface area (Å²) in [6, 6.07) is 0.768. The zero-order valence-electron chi connectivity index (χ0n) is 12.1. The van der Waals surface area contributed by atoms with Gasteiger partial charge in [-0.2, -0.15) is 0 Å². The van der Waals surface area contributed by atoms with E-state index in [9.17, 15) is 0 Å². The Balaban J connectivity index is 2.23. The second-order valence-corrected chi connectivity index (χ2v) is 5.79. The molecule has 1 unspecified atom stereocenters. The molecule has 0 radical (unpaired) electrons. The Labute approximate surface area is 119 Å². The summed E-state index contributed by atoms with van der Waals surface area (Å²) >= 11 is 5.41. The SMILES string of the molecule is COCC(C)N(C)c1n[nH]c(=S)n1C1CCCCC1. The third-order valence-corrected chi connectivity index (χ3v) is 4.30. The summed E-state index contributed by atoms with van der Waals surface area (Å²) in [7, 11) is 3.77. The van der Waals surface area contributed by atoms with Crippen molar-refractivity contribution in [1.29, 1.82) is 0 Å². The average molecular weight is 284 g/mol. The van der Waals surface area contributed by atoms with Crippen molar-refractivity contribution in [3.63, 3.8) is 0 Å². The molecule has 1 aromatic heterocycles. The lowest BCUT2D eigenvalue weighted by molar-refractivity contribution is 0.182. The van der Waals surface area contributed by atoms with Gasteiger partial charge < -0.3 is 9.64 Å². The van der Waals surface area contributed by atoms with E-state index in [1.165, 1.54) is 32.1 Å². The molecule has 1 atom stereocenters. The first-order valence-corrected chi connectivity index (χ1v) is 7.44. The minimum absolute atomic E-state index is 0.276. The van der Waals surface area contributed by atoms with Crippen molar-refractivity contribution >= 4 is 18.2 Å². The lowest BCUT2D eigenvalue weighted by atomic mass is 9.95. The van der Waals surface area contributed by atoms with E-state index in [0.717, 1.165) is 10.7 Å². The fourth-order valence-corrected chi connectivity index (χ4v) is 3.04. The van der Waals surface area contributed by atoms with Gasteiger partial charge in [0.25, 0.3) is 0 Å². The molecule has 0 aromatic carbocycles. The number of aromatic amines is 1. The molecule has 0 saturated heterocycles. The molecule has 1 fully saturated rings. The Bertz CT molecular complexity index is 450. The highest BCUT2D eigenvalue weighted by atomic mass is 32.1. The summed E-state index contributed by atoms with van der Waals surface area (Å²) < 4.78 is 8.15. The van der Waals surface area contributed by atoms with Crippen molar-refractivity contribution < 1.29 is 4.74 Å². The van der Waals surface area contributed by atoms with Crippen molar-refractivity contribution in [3.8, 4) is 0 Å². The lowest BCUT2D eigenvalue weighted by Crippen LogP contribution is -2.35. The maximum Gasteiger partial charge on any atom is 0.226 e. The summed E-state index contributed by atoms with van der Waals surface area (Å²) in [6.45, 7) is 2.81. The highest BCUT2D eigenvalue weighted by molar-refractivity contribution is 7.71. The van der Waals surface area contributed by atoms with E-state index in [0.29, 0.717) is 12.6 Å². The Morgan fingerprint density at radius 2 is 2.16 bits per heavy atom. The summed E-state index contributed by atoms with van der Waals surface area (Å²) in [5, 5.41) is 7.36. The van der Waals surface area contributed by atoms with Crippen molar-refractivity contribution in [2.75, 3.05) is 25.7 Å². The van der Waals surface area contributed by atoms with Crippen LogP contribution in [0.25, 0.3) is 0 Å². The van der Waals surface area contributed by atoms with E-state index in [4.69, 9.17) is 17.0 Å². The molecule has 1 saturated carbocycles. The second-order valence-electron chi connectivity index (χ2n) is 5.41. The quantitative estimate of drug-likeness (QED) is 0.845. The van der Waals surface area contributed by atoms with Crippen LogP contribution in [-0.4, -0.2) is 41.6 Å². The summed E-state index contributed by atoms with van der Waals surface area (Å²) in [5.41, 5.74) is 0. The Hall–Kier alpha value is -0.880. The molecule has 5 nitrogen and oxygen atoms in total. The normalized spacial score (nSPS) is 18.5. The molecule has 1 N–H and O–H groups in total. The summed E-state index contributed by atoms with van der Waals surface area (Å²) in [5.74, 6) is 0.932. The standard InChI is InChI=1S/C13H24N4OS/c1-10(9-18-3)16(2)12-14-15-13(19)17(12)11-7-5-4-6-8-11/h10-11H,4-9H2,1-3H3,(H,15,19). The fourth-order valence-electron chi connectivity index (χ4n) is 2.76. The molecular weight excluding hydrogens is 260 g/mol. The van der Waals surface area contributed by atoms with Crippen LogP contribution >= 0.6 is 12.2 Å². The van der Waals surface area contributed by atoms with Crippen LogP contribution in [0.4, 0.5) is 5.95 Å². The van der Waals surface area contributed by atoms with Gasteiger partial charge in [0, 0.05) is 20.2 Å². The molecule has 6 heteroatoms. The first-order chi connectivity index (χ1) is 9.15. The van der Waals surface area contributed by atoms with Gasteiger partial charge in [-0.1, -0.05) is 19.3 Å². The first kappa shape index (κ1) is 14.5. The number of hydrogen-bond donors (Lipinski definition) is 1. The van der Waals surface area contributed by atoms with Gasteiger partial charge in [0.15, 0.2) is 4.77 Å². The van der Waals surface area contributed by atoms with E-state index < -0.39 is 0 Å². The monoisotopic (exact) mass is 284 g/mol. The van der Waals surface area contributed by atoms with Gasteiger partial charge in [0.1, 0.15) is 0 Å². The summed E-state index contributed by atoms with van der Waals surface area (Å²) in [6.07, 6.45) is 6.32. The number of nitrogens with one attached hydrogen (secondary N) is 1. The molecule has 1 heterocycles. The number of H-pyrrole nitrogens is 1. The number of ether oxygens (including phenoxy) is 1. The minimum atomic E-state index is 0.276. The van der Waals surface area contributed by atoms with E-state index >= 15 is 0 Å². The molecule has 0 bridgehead atoms. The molecule has 2 rings (SSSR count). The minimum Gasteiger partial charge on any atom is -0.383 e. The van der Waals surface area contributed by atoms with Gasteiger partial charge in [-0.3, -0.25) is 4.57 Å². The third kappa shape index (κ3) is 3.17. The molecule has 108 valence electrons. The number of methoxy groups -OCH3 is 1. The van der Waals surface area contributed by atoms with Crippen molar-refractivity contribution in [2.24, 2.45) is 0 Å². The van der Waals surface area contributed by atoms with Crippen LogP contribution in [0.15, 0.2) is 0 Å². The van der Waals surface area contributed by atoms with Crippen molar-refractivity contribution in [3.05, 3.63) is 4.77 Å². The topological polar surface area (TPSA) is 46.1 Å². The number of hydrogen-bond acceptors (Lipinski definition) is 4. The van der Waals surface area contributed by atoms with Gasteiger partial charge >= 0.3 is 0 Å². The highest BCUT2D eigenvalue weighted by Crippen LogP contribution is 2.31. The maximum atomic E-state index is 5.41. The number of likely N-dealkylation sites (N-methyl/N-ethyl adjacent to an activating group) is 1. The van der Waals surface area contributed by atoms with E-state index in [1.54, 1.807) is 7.11 Å². The number of aromatic nitrogens is 3. The Morgan fingerprint density at radius 1 is 1.47 bits per heavy atom. The van der Waals surface area contributed by atoms with Gasteiger partial charge in [-0.05, 0) is 32.0 Å². The van der Waals surface area contributed by atoms with Gasteiger partial charge in [0.2, 0.25) is 5.95 Å². The van der Waals surface area contributed by atoms with Crippen molar-refractivity contribution in [2.45, 2.75) is 51.1 Å². The van der Waals surface area contributed by atoms with Crippen LogP contribution < -0.4 is 4.90 Å². The van der Waals surface area contributed by atoms with Crippen LogP contribution in [0.5, 0.6) is 0 Å².